The Morgan fingerprint density at radius 1 is 1.29 bits per heavy atom. The van der Waals surface area contributed by atoms with E-state index in [1.165, 1.54) is 10.3 Å². The number of carbonyl (C=O) groups is 1. The summed E-state index contributed by atoms with van der Waals surface area (Å²) < 4.78 is 6.76. The van der Waals surface area contributed by atoms with Crippen molar-refractivity contribution in [1.82, 2.24) is 9.88 Å². The van der Waals surface area contributed by atoms with Gasteiger partial charge in [0, 0.05) is 24.3 Å². The van der Waals surface area contributed by atoms with Gasteiger partial charge < -0.3 is 10.1 Å². The second-order valence-electron chi connectivity index (χ2n) is 7.41. The topological polar surface area (TPSA) is 54.5 Å². The van der Waals surface area contributed by atoms with Crippen LogP contribution in [0.3, 0.4) is 0 Å². The van der Waals surface area contributed by atoms with Crippen molar-refractivity contribution >= 4 is 33.1 Å². The van der Waals surface area contributed by atoms with Gasteiger partial charge in [-0.2, -0.15) is 0 Å². The lowest BCUT2D eigenvalue weighted by molar-refractivity contribution is -0.123. The van der Waals surface area contributed by atoms with E-state index < -0.39 is 0 Å². The number of hydrogen-bond acceptors (Lipinski definition) is 5. The van der Waals surface area contributed by atoms with Crippen LogP contribution >= 0.6 is 11.3 Å². The predicted molar refractivity (Wildman–Crippen MR) is 115 cm³/mol. The third-order valence-electron chi connectivity index (χ3n) is 5.14. The molecule has 0 spiro atoms. The molecular formula is C22H25N3O2S. The molecule has 1 amide bonds. The van der Waals surface area contributed by atoms with Crippen molar-refractivity contribution in [1.29, 1.82) is 0 Å². The van der Waals surface area contributed by atoms with Crippen molar-refractivity contribution in [3.05, 3.63) is 48.0 Å². The molecule has 1 aliphatic heterocycles. The van der Waals surface area contributed by atoms with Gasteiger partial charge in [0.15, 0.2) is 0 Å². The van der Waals surface area contributed by atoms with Crippen LogP contribution in [0, 0.1) is 6.92 Å². The standard InChI is InChI=1S/C22H25N3O2S/c1-14-4-9-19-20(12-14)28-22(24-19)17-5-7-18(8-6-17)23-21(26)16(3)25-10-11-27-15(2)13-25/h4-9,12,15-16H,10-11,13H2,1-3H3,(H,23,26). The quantitative estimate of drug-likeness (QED) is 0.715. The van der Waals surface area contributed by atoms with E-state index in [1.807, 2.05) is 38.1 Å². The molecule has 0 radical (unpaired) electrons. The Morgan fingerprint density at radius 3 is 2.82 bits per heavy atom. The number of fused-ring (bicyclic) bond motifs is 1. The molecule has 0 saturated carbocycles. The van der Waals surface area contributed by atoms with E-state index in [9.17, 15) is 4.79 Å². The molecule has 5 nitrogen and oxygen atoms in total. The first-order chi connectivity index (χ1) is 13.5. The predicted octanol–water partition coefficient (Wildman–Crippen LogP) is 4.32. The number of amides is 1. The Hall–Kier alpha value is -2.28. The van der Waals surface area contributed by atoms with Crippen molar-refractivity contribution in [2.75, 3.05) is 25.0 Å². The molecular weight excluding hydrogens is 370 g/mol. The van der Waals surface area contributed by atoms with Crippen LogP contribution < -0.4 is 5.32 Å². The van der Waals surface area contributed by atoms with E-state index in [0.717, 1.165) is 34.9 Å². The number of aryl methyl sites for hydroxylation is 1. The van der Waals surface area contributed by atoms with E-state index in [-0.39, 0.29) is 18.1 Å². The van der Waals surface area contributed by atoms with Crippen LogP contribution in [0.4, 0.5) is 5.69 Å². The summed E-state index contributed by atoms with van der Waals surface area (Å²) >= 11 is 1.69. The number of ether oxygens (including phenoxy) is 1. The molecule has 2 atom stereocenters. The number of morpholine rings is 1. The van der Waals surface area contributed by atoms with Gasteiger partial charge in [0.2, 0.25) is 5.91 Å². The molecule has 1 N–H and O–H groups in total. The average Bonchev–Trinajstić information content (AvgIpc) is 3.11. The summed E-state index contributed by atoms with van der Waals surface area (Å²) in [5.41, 5.74) is 4.13. The summed E-state index contributed by atoms with van der Waals surface area (Å²) in [6, 6.07) is 14.0. The summed E-state index contributed by atoms with van der Waals surface area (Å²) in [4.78, 5) is 19.5. The minimum Gasteiger partial charge on any atom is -0.376 e. The fourth-order valence-corrected chi connectivity index (χ4v) is 4.53. The van der Waals surface area contributed by atoms with Gasteiger partial charge in [-0.1, -0.05) is 6.07 Å². The molecule has 0 aliphatic carbocycles. The maximum atomic E-state index is 12.6. The lowest BCUT2D eigenvalue weighted by Crippen LogP contribution is -2.50. The van der Waals surface area contributed by atoms with Gasteiger partial charge in [0.1, 0.15) is 5.01 Å². The molecule has 1 fully saturated rings. The molecule has 2 heterocycles. The van der Waals surface area contributed by atoms with Crippen LogP contribution in [0.2, 0.25) is 0 Å². The van der Waals surface area contributed by atoms with Gasteiger partial charge in [0.05, 0.1) is 29.0 Å². The molecule has 2 aromatic carbocycles. The van der Waals surface area contributed by atoms with Crippen LogP contribution in [0.5, 0.6) is 0 Å². The largest absolute Gasteiger partial charge is 0.376 e. The Kier molecular flexibility index (Phi) is 5.44. The Balaban J connectivity index is 1.44. The van der Waals surface area contributed by atoms with Crippen LogP contribution in [-0.2, 0) is 9.53 Å². The van der Waals surface area contributed by atoms with Crippen LogP contribution in [0.1, 0.15) is 19.4 Å². The maximum absolute atomic E-state index is 12.6. The lowest BCUT2D eigenvalue weighted by atomic mass is 10.2. The Morgan fingerprint density at radius 2 is 2.07 bits per heavy atom. The van der Waals surface area contributed by atoms with Gasteiger partial charge in [-0.15, -0.1) is 11.3 Å². The lowest BCUT2D eigenvalue weighted by Gasteiger charge is -2.34. The first-order valence-electron chi connectivity index (χ1n) is 9.64. The SMILES string of the molecule is Cc1ccc2nc(-c3ccc(NC(=O)C(C)N4CCOC(C)C4)cc3)sc2c1. The molecule has 1 saturated heterocycles. The number of rotatable bonds is 4. The molecule has 146 valence electrons. The fourth-order valence-electron chi connectivity index (χ4n) is 3.46. The number of nitrogens with zero attached hydrogens (tertiary/aromatic N) is 2. The molecule has 28 heavy (non-hydrogen) atoms. The minimum atomic E-state index is -0.182. The van der Waals surface area contributed by atoms with E-state index in [1.54, 1.807) is 11.3 Å². The van der Waals surface area contributed by atoms with Crippen molar-refractivity contribution in [3.8, 4) is 10.6 Å². The second kappa shape index (κ2) is 7.99. The summed E-state index contributed by atoms with van der Waals surface area (Å²) in [5, 5.41) is 4.02. The third-order valence-corrected chi connectivity index (χ3v) is 6.21. The Bertz CT molecular complexity index is 983. The van der Waals surface area contributed by atoms with Gasteiger partial charge in [-0.25, -0.2) is 4.98 Å². The highest BCUT2D eigenvalue weighted by Gasteiger charge is 2.26. The van der Waals surface area contributed by atoms with E-state index in [2.05, 4.69) is 35.3 Å². The maximum Gasteiger partial charge on any atom is 0.241 e. The monoisotopic (exact) mass is 395 g/mol. The normalized spacial score (nSPS) is 18.9. The van der Waals surface area contributed by atoms with Crippen molar-refractivity contribution < 1.29 is 9.53 Å². The number of aromatic nitrogens is 1. The zero-order valence-corrected chi connectivity index (χ0v) is 17.3. The number of anilines is 1. The van der Waals surface area contributed by atoms with E-state index in [0.29, 0.717) is 6.61 Å². The molecule has 6 heteroatoms. The van der Waals surface area contributed by atoms with Crippen LogP contribution in [0.15, 0.2) is 42.5 Å². The van der Waals surface area contributed by atoms with Crippen LogP contribution in [-0.4, -0.2) is 47.6 Å². The van der Waals surface area contributed by atoms with Crippen molar-refractivity contribution in [2.45, 2.75) is 32.9 Å². The van der Waals surface area contributed by atoms with E-state index >= 15 is 0 Å². The summed E-state index contributed by atoms with van der Waals surface area (Å²) in [7, 11) is 0. The van der Waals surface area contributed by atoms with Crippen molar-refractivity contribution in [2.24, 2.45) is 0 Å². The minimum absolute atomic E-state index is 0.0114. The number of nitrogens with one attached hydrogen (secondary N) is 1. The molecule has 4 rings (SSSR count). The van der Waals surface area contributed by atoms with Crippen molar-refractivity contribution in [3.63, 3.8) is 0 Å². The average molecular weight is 396 g/mol. The zero-order valence-electron chi connectivity index (χ0n) is 16.4. The Labute approximate surface area is 169 Å². The second-order valence-corrected chi connectivity index (χ2v) is 8.44. The van der Waals surface area contributed by atoms with E-state index in [4.69, 9.17) is 9.72 Å². The van der Waals surface area contributed by atoms with Gasteiger partial charge >= 0.3 is 0 Å². The number of carbonyl (C=O) groups excluding carboxylic acids is 1. The molecule has 3 aromatic rings. The first-order valence-corrected chi connectivity index (χ1v) is 10.5. The highest BCUT2D eigenvalue weighted by molar-refractivity contribution is 7.21. The third kappa shape index (κ3) is 4.09. The smallest absolute Gasteiger partial charge is 0.241 e. The first kappa shape index (κ1) is 19.1. The highest BCUT2D eigenvalue weighted by Crippen LogP contribution is 2.31. The van der Waals surface area contributed by atoms with Gasteiger partial charge in [0.25, 0.3) is 0 Å². The molecule has 1 aromatic heterocycles. The summed E-state index contributed by atoms with van der Waals surface area (Å²) in [6.07, 6.45) is 0.167. The zero-order chi connectivity index (χ0) is 19.7. The molecule has 1 aliphatic rings. The number of thiazole rings is 1. The fraction of sp³-hybridized carbons (Fsp3) is 0.364. The van der Waals surface area contributed by atoms with Crippen LogP contribution in [0.25, 0.3) is 20.8 Å². The highest BCUT2D eigenvalue weighted by atomic mass is 32.1. The van der Waals surface area contributed by atoms with Gasteiger partial charge in [-0.05, 0) is 62.7 Å². The summed E-state index contributed by atoms with van der Waals surface area (Å²) in [5.74, 6) is 0.0114. The molecule has 0 bridgehead atoms. The number of benzene rings is 2. The van der Waals surface area contributed by atoms with Gasteiger partial charge in [-0.3, -0.25) is 9.69 Å². The summed E-state index contributed by atoms with van der Waals surface area (Å²) in [6.45, 7) is 8.33. The molecule has 2 unspecified atom stereocenters. The number of hydrogen-bond donors (Lipinski definition) is 1.